The number of carboxylic acids is 1. The van der Waals surface area contributed by atoms with Gasteiger partial charge in [-0.1, -0.05) is 20.8 Å². The fraction of sp³-hybridized carbons (Fsp3) is 0.652. The summed E-state index contributed by atoms with van der Waals surface area (Å²) in [5, 5.41) is 8.97. The van der Waals surface area contributed by atoms with Gasteiger partial charge in [0.05, 0.1) is 11.5 Å². The third kappa shape index (κ3) is 3.71. The second-order valence-corrected chi connectivity index (χ2v) is 9.45. The average Bonchev–Trinajstić information content (AvgIpc) is 3.24. The molecule has 4 atom stereocenters. The van der Waals surface area contributed by atoms with Crippen LogP contribution < -0.4 is 11.2 Å². The number of carbonyl (C=O) groups excluding carboxylic acids is 2. The second kappa shape index (κ2) is 8.94. The monoisotopic (exact) mass is 474 g/mol. The van der Waals surface area contributed by atoms with Crippen LogP contribution in [0.4, 0.5) is 0 Å². The summed E-state index contributed by atoms with van der Waals surface area (Å²) in [6.45, 7) is 5.58. The Hall–Kier alpha value is -3.08. The van der Waals surface area contributed by atoms with Crippen LogP contribution in [0.3, 0.4) is 0 Å². The summed E-state index contributed by atoms with van der Waals surface area (Å²) in [5.74, 6) is -2.29. The molecule has 11 nitrogen and oxygen atoms in total. The second-order valence-electron chi connectivity index (χ2n) is 9.45. The molecule has 0 aromatic carbocycles. The van der Waals surface area contributed by atoms with Crippen LogP contribution in [0.2, 0.25) is 0 Å². The number of hydrogen-bond donors (Lipinski definition) is 2. The van der Waals surface area contributed by atoms with Gasteiger partial charge in [-0.3, -0.25) is 23.5 Å². The summed E-state index contributed by atoms with van der Waals surface area (Å²) in [4.78, 5) is 71.2. The van der Waals surface area contributed by atoms with E-state index in [1.54, 1.807) is 6.92 Å². The minimum Gasteiger partial charge on any atom is -0.480 e. The molecule has 0 radical (unpaired) electrons. The summed E-state index contributed by atoms with van der Waals surface area (Å²) in [6.07, 6.45) is 0.692. The Kier molecular flexibility index (Phi) is 6.32. The van der Waals surface area contributed by atoms with E-state index in [2.05, 4.69) is 9.97 Å². The number of nitrogens with zero attached hydrogens (tertiary/aromatic N) is 3. The number of carbonyl (C=O) groups is 3. The molecule has 2 fully saturated rings. The van der Waals surface area contributed by atoms with Gasteiger partial charge in [0, 0.05) is 31.3 Å². The van der Waals surface area contributed by atoms with Gasteiger partial charge in [0.25, 0.3) is 5.56 Å². The Morgan fingerprint density at radius 3 is 2.47 bits per heavy atom. The van der Waals surface area contributed by atoms with Crippen molar-refractivity contribution >= 4 is 28.7 Å². The number of aliphatic carboxylic acids is 1. The van der Waals surface area contributed by atoms with E-state index in [1.165, 1.54) is 9.13 Å². The van der Waals surface area contributed by atoms with E-state index in [0.29, 0.717) is 19.4 Å². The van der Waals surface area contributed by atoms with E-state index in [0.717, 1.165) is 0 Å². The molecule has 34 heavy (non-hydrogen) atoms. The zero-order valence-corrected chi connectivity index (χ0v) is 19.6. The molecule has 0 amide bonds. The van der Waals surface area contributed by atoms with Crippen LogP contribution in [0.1, 0.15) is 58.7 Å². The lowest BCUT2D eigenvalue weighted by atomic mass is 9.56. The maximum atomic E-state index is 13.5. The molecule has 2 heterocycles. The quantitative estimate of drug-likeness (QED) is 0.574. The molecule has 4 unspecified atom stereocenters. The molecule has 2 saturated carbocycles. The first kappa shape index (κ1) is 24.1. The third-order valence-electron chi connectivity index (χ3n) is 7.07. The molecule has 2 aromatic heterocycles. The summed E-state index contributed by atoms with van der Waals surface area (Å²) in [6, 6.07) is 0. The fourth-order valence-corrected chi connectivity index (χ4v) is 5.53. The van der Waals surface area contributed by atoms with Crippen LogP contribution in [0.25, 0.3) is 11.2 Å². The number of fused-ring (bicyclic) bond motifs is 3. The van der Waals surface area contributed by atoms with Gasteiger partial charge in [0.15, 0.2) is 5.65 Å². The van der Waals surface area contributed by atoms with E-state index in [-0.39, 0.29) is 54.4 Å². The Balaban J connectivity index is 1.85. The molecule has 2 N–H and O–H groups in total. The lowest BCUT2D eigenvalue weighted by Crippen LogP contribution is -2.56. The highest BCUT2D eigenvalue weighted by molar-refractivity contribution is 5.97. The van der Waals surface area contributed by atoms with Crippen LogP contribution in [-0.4, -0.2) is 54.5 Å². The lowest BCUT2D eigenvalue weighted by Gasteiger charge is -2.47. The molecule has 0 spiro atoms. The van der Waals surface area contributed by atoms with Crippen molar-refractivity contribution in [1.82, 2.24) is 19.1 Å². The number of ketones is 2. The number of hydrogen-bond acceptors (Lipinski definition) is 7. The molecule has 0 saturated heterocycles. The molecule has 0 aliphatic heterocycles. The molecule has 2 aliphatic carbocycles. The zero-order chi connectivity index (χ0) is 24.8. The van der Waals surface area contributed by atoms with Crippen molar-refractivity contribution in [3.05, 3.63) is 26.7 Å². The first-order valence-electron chi connectivity index (χ1n) is 11.8. The molecule has 184 valence electrons. The van der Waals surface area contributed by atoms with E-state index in [4.69, 9.17) is 9.84 Å². The SMILES string of the molecule is CCCn1c(=O)c2[nH]c(C34CC(C)C(=O)C(C3)C(OCC(=O)O)CC4=O)nc2n(CCC)c1=O. The van der Waals surface area contributed by atoms with Crippen LogP contribution in [0, 0.1) is 11.8 Å². The maximum absolute atomic E-state index is 13.5. The van der Waals surface area contributed by atoms with Gasteiger partial charge in [-0.25, -0.2) is 14.6 Å². The van der Waals surface area contributed by atoms with Crippen molar-refractivity contribution in [2.24, 2.45) is 11.8 Å². The number of H-pyrrole nitrogens is 1. The Morgan fingerprint density at radius 1 is 1.15 bits per heavy atom. The highest BCUT2D eigenvalue weighted by atomic mass is 16.5. The van der Waals surface area contributed by atoms with Crippen molar-refractivity contribution in [3.63, 3.8) is 0 Å². The topological polar surface area (TPSA) is 153 Å². The van der Waals surface area contributed by atoms with E-state index < -0.39 is 47.2 Å². The zero-order valence-electron chi connectivity index (χ0n) is 19.6. The minimum atomic E-state index is -1.17. The molecular formula is C23H30N4O7. The van der Waals surface area contributed by atoms with Crippen LogP contribution >= 0.6 is 0 Å². The van der Waals surface area contributed by atoms with Gasteiger partial charge >= 0.3 is 11.7 Å². The number of nitrogens with one attached hydrogen (secondary N) is 1. The summed E-state index contributed by atoms with van der Waals surface area (Å²) < 4.78 is 8.07. The van der Waals surface area contributed by atoms with Gasteiger partial charge < -0.3 is 14.8 Å². The highest BCUT2D eigenvalue weighted by Crippen LogP contribution is 2.49. The minimum absolute atomic E-state index is 0.0668. The van der Waals surface area contributed by atoms with E-state index in [1.807, 2.05) is 13.8 Å². The number of Topliss-reactive ketones (excluding diaryl/α,β-unsaturated/α-hetero) is 2. The van der Waals surface area contributed by atoms with E-state index in [9.17, 15) is 24.0 Å². The normalized spacial score (nSPS) is 26.9. The molecule has 2 bridgehead atoms. The van der Waals surface area contributed by atoms with Crippen LogP contribution in [0.5, 0.6) is 0 Å². The number of rotatable bonds is 8. The van der Waals surface area contributed by atoms with Gasteiger partial charge in [0.1, 0.15) is 29.5 Å². The lowest BCUT2D eigenvalue weighted by molar-refractivity contribution is -0.159. The number of aromatic amines is 1. The highest BCUT2D eigenvalue weighted by Gasteiger charge is 2.57. The molecule has 2 aromatic rings. The molecular weight excluding hydrogens is 444 g/mol. The number of imidazole rings is 1. The fourth-order valence-electron chi connectivity index (χ4n) is 5.53. The molecule has 2 aliphatic rings. The van der Waals surface area contributed by atoms with Crippen molar-refractivity contribution < 1.29 is 24.2 Å². The number of carboxylic acid groups (broad SMARTS) is 1. The number of ether oxygens (including phenoxy) is 1. The summed E-state index contributed by atoms with van der Waals surface area (Å²) in [5.41, 5.74) is -1.66. The van der Waals surface area contributed by atoms with Crippen molar-refractivity contribution in [1.29, 1.82) is 0 Å². The molecule has 4 rings (SSSR count). The van der Waals surface area contributed by atoms with Gasteiger partial charge in [-0.15, -0.1) is 0 Å². The number of aromatic nitrogens is 4. The predicted molar refractivity (Wildman–Crippen MR) is 121 cm³/mol. The third-order valence-corrected chi connectivity index (χ3v) is 7.07. The first-order valence-corrected chi connectivity index (χ1v) is 11.8. The van der Waals surface area contributed by atoms with Crippen LogP contribution in [0.15, 0.2) is 9.59 Å². The maximum Gasteiger partial charge on any atom is 0.332 e. The Morgan fingerprint density at radius 2 is 1.82 bits per heavy atom. The van der Waals surface area contributed by atoms with Crippen molar-refractivity contribution in [2.75, 3.05) is 6.61 Å². The Bertz CT molecular complexity index is 1270. The van der Waals surface area contributed by atoms with Crippen LogP contribution in [-0.2, 0) is 37.6 Å². The largest absolute Gasteiger partial charge is 0.480 e. The molecule has 11 heteroatoms. The average molecular weight is 475 g/mol. The summed E-state index contributed by atoms with van der Waals surface area (Å²) >= 11 is 0. The number of aryl methyl sites for hydroxylation is 1. The van der Waals surface area contributed by atoms with Gasteiger partial charge in [-0.05, 0) is 25.7 Å². The smallest absolute Gasteiger partial charge is 0.332 e. The van der Waals surface area contributed by atoms with Gasteiger partial charge in [-0.2, -0.15) is 0 Å². The first-order chi connectivity index (χ1) is 16.1. The standard InChI is InChI=1S/C23H30N4O7/c1-4-6-26-19-17(20(32)27(7-5-2)22(26)33)24-21(25-19)23-9-12(3)18(31)13(10-23)14(8-15(23)28)34-11-16(29)30/h12-14H,4-11H2,1-3H3,(H,24,25)(H,29,30). The predicted octanol–water partition coefficient (Wildman–Crippen LogP) is 1.00. The Labute approximate surface area is 195 Å². The van der Waals surface area contributed by atoms with Gasteiger partial charge in [0.2, 0.25) is 0 Å². The van der Waals surface area contributed by atoms with Crippen molar-refractivity contribution in [3.8, 4) is 0 Å². The summed E-state index contributed by atoms with van der Waals surface area (Å²) in [7, 11) is 0. The van der Waals surface area contributed by atoms with E-state index >= 15 is 0 Å². The van der Waals surface area contributed by atoms with Crippen molar-refractivity contribution in [2.45, 2.75) is 77.5 Å².